The van der Waals surface area contributed by atoms with E-state index in [-0.39, 0.29) is 11.9 Å². The minimum absolute atomic E-state index is 0.152. The zero-order valence-electron chi connectivity index (χ0n) is 21.6. The molecule has 2 N–H and O–H groups in total. The zero-order chi connectivity index (χ0) is 25.5. The van der Waals surface area contributed by atoms with Crippen LogP contribution in [-0.4, -0.2) is 79.5 Å². The highest BCUT2D eigenvalue weighted by Gasteiger charge is 2.24. The highest BCUT2D eigenvalue weighted by molar-refractivity contribution is 6.06. The number of hydrogen-bond donors (Lipinski definition) is 2. The van der Waals surface area contributed by atoms with Crippen molar-refractivity contribution in [1.29, 1.82) is 0 Å². The highest BCUT2D eigenvalue weighted by atomic mass is 16.5. The van der Waals surface area contributed by atoms with E-state index in [0.717, 1.165) is 61.1 Å². The second-order valence-electron chi connectivity index (χ2n) is 9.51. The number of hydrogen-bond acceptors (Lipinski definition) is 8. The Labute approximate surface area is 212 Å². The van der Waals surface area contributed by atoms with Crippen molar-refractivity contribution in [1.82, 2.24) is 25.4 Å². The van der Waals surface area contributed by atoms with Gasteiger partial charge in [-0.2, -0.15) is 0 Å². The molecule has 1 saturated heterocycles. The van der Waals surface area contributed by atoms with E-state index in [9.17, 15) is 4.79 Å². The van der Waals surface area contributed by atoms with Crippen LogP contribution in [0.3, 0.4) is 0 Å². The third kappa shape index (κ3) is 6.27. The first-order chi connectivity index (χ1) is 17.5. The molecule has 0 unspecified atom stereocenters. The molecule has 9 heteroatoms. The molecule has 0 bridgehead atoms. The summed E-state index contributed by atoms with van der Waals surface area (Å²) in [6.45, 7) is 5.28. The van der Waals surface area contributed by atoms with E-state index < -0.39 is 0 Å². The lowest BCUT2D eigenvalue weighted by Crippen LogP contribution is -2.32. The number of benzene rings is 1. The molecular formula is C27H36N6O3. The average Bonchev–Trinajstić information content (AvgIpc) is 2.91. The van der Waals surface area contributed by atoms with Crippen molar-refractivity contribution >= 4 is 22.5 Å². The van der Waals surface area contributed by atoms with Crippen LogP contribution in [0.25, 0.3) is 22.0 Å². The largest absolute Gasteiger partial charge is 0.478 e. The zero-order valence-corrected chi connectivity index (χ0v) is 21.6. The van der Waals surface area contributed by atoms with Gasteiger partial charge in [0.1, 0.15) is 0 Å². The van der Waals surface area contributed by atoms with Crippen LogP contribution in [-0.2, 0) is 4.74 Å². The van der Waals surface area contributed by atoms with Gasteiger partial charge in [0, 0.05) is 56.1 Å². The molecule has 4 rings (SSSR count). The first kappa shape index (κ1) is 25.8. The van der Waals surface area contributed by atoms with Crippen LogP contribution in [0, 0.1) is 5.92 Å². The summed E-state index contributed by atoms with van der Waals surface area (Å²) in [5.41, 5.74) is 3.66. The first-order valence-corrected chi connectivity index (χ1v) is 12.6. The van der Waals surface area contributed by atoms with Crippen LogP contribution in [0.15, 0.2) is 36.5 Å². The van der Waals surface area contributed by atoms with Crippen molar-refractivity contribution in [2.45, 2.75) is 32.2 Å². The van der Waals surface area contributed by atoms with Crippen LogP contribution >= 0.6 is 0 Å². The molecule has 0 saturated carbocycles. The van der Waals surface area contributed by atoms with E-state index in [1.54, 1.807) is 7.05 Å². The summed E-state index contributed by atoms with van der Waals surface area (Å²) in [6.07, 6.45) is 4.73. The van der Waals surface area contributed by atoms with E-state index >= 15 is 0 Å². The fourth-order valence-electron chi connectivity index (χ4n) is 4.46. The van der Waals surface area contributed by atoms with Crippen molar-refractivity contribution in [3.8, 4) is 17.0 Å². The van der Waals surface area contributed by atoms with Crippen molar-refractivity contribution in [3.05, 3.63) is 42.2 Å². The summed E-state index contributed by atoms with van der Waals surface area (Å²) >= 11 is 0. The Morgan fingerprint density at radius 1 is 1.17 bits per heavy atom. The third-order valence-electron chi connectivity index (χ3n) is 6.62. The summed E-state index contributed by atoms with van der Waals surface area (Å²) in [4.78, 5) is 19.3. The fraction of sp³-hybridized carbons (Fsp3) is 0.481. The van der Waals surface area contributed by atoms with Gasteiger partial charge in [0.05, 0.1) is 17.8 Å². The average molecular weight is 493 g/mol. The molecule has 0 aliphatic carbocycles. The molecule has 0 spiro atoms. The molecular weight excluding hydrogens is 456 g/mol. The van der Waals surface area contributed by atoms with E-state index in [1.807, 2.05) is 50.6 Å². The predicted molar refractivity (Wildman–Crippen MR) is 141 cm³/mol. The van der Waals surface area contributed by atoms with Gasteiger partial charge in [0.25, 0.3) is 5.91 Å². The van der Waals surface area contributed by atoms with Gasteiger partial charge in [-0.3, -0.25) is 4.79 Å². The number of aromatic nitrogens is 3. The predicted octanol–water partition coefficient (Wildman–Crippen LogP) is 3.61. The number of anilines is 1. The number of rotatable bonds is 10. The molecule has 192 valence electrons. The molecule has 36 heavy (non-hydrogen) atoms. The Kier molecular flexibility index (Phi) is 8.66. The topological polar surface area (TPSA) is 102 Å². The monoisotopic (exact) mass is 492 g/mol. The molecule has 1 aliphatic rings. The van der Waals surface area contributed by atoms with E-state index in [4.69, 9.17) is 9.47 Å². The van der Waals surface area contributed by atoms with Crippen LogP contribution in [0.4, 0.5) is 5.69 Å². The van der Waals surface area contributed by atoms with Gasteiger partial charge < -0.3 is 25.0 Å². The molecule has 1 aromatic carbocycles. The Bertz CT molecular complexity index is 1160. The molecule has 3 aromatic rings. The van der Waals surface area contributed by atoms with E-state index in [1.165, 1.54) is 0 Å². The lowest BCUT2D eigenvalue weighted by Gasteiger charge is -2.29. The number of carbonyl (C=O) groups is 1. The quantitative estimate of drug-likeness (QED) is 0.414. The molecule has 1 amide bonds. The van der Waals surface area contributed by atoms with Gasteiger partial charge in [-0.15, -0.1) is 10.2 Å². The Balaban J connectivity index is 1.61. The number of amides is 1. The lowest BCUT2D eigenvalue weighted by molar-refractivity contribution is 0.0622. The SMILES string of the molecule is CNC(=O)c1nnc2ccc(-c3ccc(OCCCN(C)C)nc3)cc2c1N[C@@H](C)C1CCOCC1. The Hall–Kier alpha value is -3.30. The number of fused-ring (bicyclic) bond motifs is 1. The van der Waals surface area contributed by atoms with Crippen molar-refractivity contribution in [2.24, 2.45) is 5.92 Å². The molecule has 3 heterocycles. The van der Waals surface area contributed by atoms with Crippen LogP contribution in [0.5, 0.6) is 5.88 Å². The van der Waals surface area contributed by atoms with Crippen molar-refractivity contribution in [2.75, 3.05) is 52.8 Å². The maximum Gasteiger partial charge on any atom is 0.273 e. The highest BCUT2D eigenvalue weighted by Crippen LogP contribution is 2.32. The summed E-state index contributed by atoms with van der Waals surface area (Å²) in [6, 6.07) is 10.0. The number of pyridine rings is 1. The minimum Gasteiger partial charge on any atom is -0.478 e. The van der Waals surface area contributed by atoms with Gasteiger partial charge in [0.2, 0.25) is 5.88 Å². The van der Waals surface area contributed by atoms with E-state index in [2.05, 4.69) is 37.6 Å². The summed E-state index contributed by atoms with van der Waals surface area (Å²) in [7, 11) is 5.70. The summed E-state index contributed by atoms with van der Waals surface area (Å²) < 4.78 is 11.3. The second-order valence-corrected chi connectivity index (χ2v) is 9.51. The van der Waals surface area contributed by atoms with Crippen LogP contribution in [0.1, 0.15) is 36.7 Å². The van der Waals surface area contributed by atoms with Gasteiger partial charge in [-0.1, -0.05) is 6.07 Å². The van der Waals surface area contributed by atoms with Crippen molar-refractivity contribution in [3.63, 3.8) is 0 Å². The number of nitrogens with one attached hydrogen (secondary N) is 2. The van der Waals surface area contributed by atoms with Gasteiger partial charge in [-0.05, 0) is 70.0 Å². The summed E-state index contributed by atoms with van der Waals surface area (Å²) in [5, 5.41) is 15.7. The van der Waals surface area contributed by atoms with Crippen molar-refractivity contribution < 1.29 is 14.3 Å². The van der Waals surface area contributed by atoms with Crippen LogP contribution < -0.4 is 15.4 Å². The van der Waals surface area contributed by atoms with Gasteiger partial charge in [0.15, 0.2) is 5.69 Å². The summed E-state index contributed by atoms with van der Waals surface area (Å²) in [5.74, 6) is 0.796. The molecule has 0 radical (unpaired) electrons. The Morgan fingerprint density at radius 3 is 2.64 bits per heavy atom. The van der Waals surface area contributed by atoms with Gasteiger partial charge in [-0.25, -0.2) is 4.98 Å². The van der Waals surface area contributed by atoms with Crippen LogP contribution in [0.2, 0.25) is 0 Å². The standard InChI is InChI=1S/C27H36N6O3/c1-18(19-10-14-35-15-11-19)30-25-22-16-20(6-8-23(22)31-32-26(25)27(34)28-2)21-7-9-24(29-17-21)36-13-5-12-33(3)4/h6-9,16-19H,5,10-15H2,1-4H3,(H,28,34)(H,30,31)/t18-/m0/s1. The minimum atomic E-state index is -0.270. The third-order valence-corrected chi connectivity index (χ3v) is 6.62. The number of carbonyl (C=O) groups excluding carboxylic acids is 1. The molecule has 1 atom stereocenters. The van der Waals surface area contributed by atoms with Gasteiger partial charge >= 0.3 is 0 Å². The Morgan fingerprint density at radius 2 is 1.94 bits per heavy atom. The second kappa shape index (κ2) is 12.1. The molecule has 1 fully saturated rings. The van der Waals surface area contributed by atoms with E-state index in [0.29, 0.717) is 29.8 Å². The maximum atomic E-state index is 12.7. The fourth-order valence-corrected chi connectivity index (χ4v) is 4.46. The molecule has 2 aromatic heterocycles. The number of nitrogens with zero attached hydrogens (tertiary/aromatic N) is 4. The molecule has 1 aliphatic heterocycles. The smallest absolute Gasteiger partial charge is 0.273 e. The lowest BCUT2D eigenvalue weighted by atomic mass is 9.92. The normalized spacial score (nSPS) is 15.1. The maximum absolute atomic E-state index is 12.7. The number of ether oxygens (including phenoxy) is 2. The molecule has 9 nitrogen and oxygen atoms in total. The first-order valence-electron chi connectivity index (χ1n) is 12.6.